The zero-order valence-electron chi connectivity index (χ0n) is 12.7. The standard InChI is InChI=1S/C17H28N2/c1-14-6-7-15(2)17(12-14)8-9-18-16(3)13-19-10-4-5-11-19/h6-7,12,16,18H,4-5,8-11,13H2,1-3H3. The fourth-order valence-corrected chi connectivity index (χ4v) is 2.94. The fraction of sp³-hybridized carbons (Fsp3) is 0.647. The van der Waals surface area contributed by atoms with Crippen molar-refractivity contribution in [2.24, 2.45) is 0 Å². The molecule has 1 atom stereocenters. The molecule has 1 unspecified atom stereocenters. The Morgan fingerprint density at radius 2 is 1.95 bits per heavy atom. The third-order valence-corrected chi connectivity index (χ3v) is 4.12. The first-order valence-electron chi connectivity index (χ1n) is 7.67. The molecule has 1 fully saturated rings. The van der Waals surface area contributed by atoms with Gasteiger partial charge in [0.1, 0.15) is 0 Å². The highest BCUT2D eigenvalue weighted by Gasteiger charge is 2.13. The molecule has 2 rings (SSSR count). The minimum absolute atomic E-state index is 0.600. The number of nitrogens with one attached hydrogen (secondary N) is 1. The predicted molar refractivity (Wildman–Crippen MR) is 82.8 cm³/mol. The van der Waals surface area contributed by atoms with Crippen LogP contribution >= 0.6 is 0 Å². The van der Waals surface area contributed by atoms with Crippen molar-refractivity contribution in [3.63, 3.8) is 0 Å². The first-order valence-corrected chi connectivity index (χ1v) is 7.67. The summed E-state index contributed by atoms with van der Waals surface area (Å²) in [6, 6.07) is 7.35. The normalized spacial score (nSPS) is 17.8. The third-order valence-electron chi connectivity index (χ3n) is 4.12. The molecule has 1 aliphatic heterocycles. The van der Waals surface area contributed by atoms with Crippen LogP contribution in [0.15, 0.2) is 18.2 Å². The summed E-state index contributed by atoms with van der Waals surface area (Å²) >= 11 is 0. The van der Waals surface area contributed by atoms with Crippen molar-refractivity contribution < 1.29 is 0 Å². The van der Waals surface area contributed by atoms with Crippen molar-refractivity contribution in [2.45, 2.75) is 46.1 Å². The molecule has 1 aliphatic rings. The lowest BCUT2D eigenvalue weighted by molar-refractivity contribution is 0.299. The first-order chi connectivity index (χ1) is 9.15. The van der Waals surface area contributed by atoms with Crippen LogP contribution in [0.4, 0.5) is 0 Å². The second-order valence-corrected chi connectivity index (χ2v) is 6.04. The van der Waals surface area contributed by atoms with Gasteiger partial charge < -0.3 is 10.2 Å². The number of rotatable bonds is 6. The van der Waals surface area contributed by atoms with E-state index in [1.807, 2.05) is 0 Å². The SMILES string of the molecule is Cc1ccc(C)c(CCNC(C)CN2CCCC2)c1. The molecule has 2 heteroatoms. The average Bonchev–Trinajstić information content (AvgIpc) is 2.86. The van der Waals surface area contributed by atoms with Crippen molar-refractivity contribution in [2.75, 3.05) is 26.2 Å². The minimum Gasteiger partial charge on any atom is -0.313 e. The Labute approximate surface area is 118 Å². The van der Waals surface area contributed by atoms with Gasteiger partial charge in [0.25, 0.3) is 0 Å². The Morgan fingerprint density at radius 3 is 2.68 bits per heavy atom. The highest BCUT2D eigenvalue weighted by atomic mass is 15.2. The van der Waals surface area contributed by atoms with Gasteiger partial charge in [-0.05, 0) is 70.8 Å². The third kappa shape index (κ3) is 4.63. The van der Waals surface area contributed by atoms with Gasteiger partial charge >= 0.3 is 0 Å². The monoisotopic (exact) mass is 260 g/mol. The molecular weight excluding hydrogens is 232 g/mol. The molecule has 19 heavy (non-hydrogen) atoms. The number of nitrogens with zero attached hydrogens (tertiary/aromatic N) is 1. The van der Waals surface area contributed by atoms with E-state index in [0.717, 1.165) is 13.0 Å². The highest BCUT2D eigenvalue weighted by molar-refractivity contribution is 5.30. The molecular formula is C17H28N2. The van der Waals surface area contributed by atoms with E-state index in [2.05, 4.69) is 49.2 Å². The maximum atomic E-state index is 3.66. The summed E-state index contributed by atoms with van der Waals surface area (Å²) in [5, 5.41) is 3.66. The Balaban J connectivity index is 1.71. The summed E-state index contributed by atoms with van der Waals surface area (Å²) in [4.78, 5) is 2.58. The van der Waals surface area contributed by atoms with Crippen LogP contribution in [-0.4, -0.2) is 37.1 Å². The topological polar surface area (TPSA) is 15.3 Å². The lowest BCUT2D eigenvalue weighted by Gasteiger charge is -2.21. The maximum Gasteiger partial charge on any atom is 0.0166 e. The van der Waals surface area contributed by atoms with Gasteiger partial charge in [-0.3, -0.25) is 0 Å². The number of aryl methyl sites for hydroxylation is 2. The Hall–Kier alpha value is -0.860. The molecule has 0 aromatic heterocycles. The van der Waals surface area contributed by atoms with Crippen molar-refractivity contribution >= 4 is 0 Å². The number of benzene rings is 1. The number of hydrogen-bond donors (Lipinski definition) is 1. The summed E-state index contributed by atoms with van der Waals surface area (Å²) in [6.07, 6.45) is 3.91. The molecule has 0 aliphatic carbocycles. The number of hydrogen-bond acceptors (Lipinski definition) is 2. The highest BCUT2D eigenvalue weighted by Crippen LogP contribution is 2.11. The van der Waals surface area contributed by atoms with Gasteiger partial charge in [-0.1, -0.05) is 23.8 Å². The summed E-state index contributed by atoms with van der Waals surface area (Å²) in [6.45, 7) is 11.6. The lowest BCUT2D eigenvalue weighted by atomic mass is 10.0. The molecule has 0 saturated carbocycles. The van der Waals surface area contributed by atoms with Crippen LogP contribution in [0.5, 0.6) is 0 Å². The van der Waals surface area contributed by atoms with Crippen LogP contribution in [0.1, 0.15) is 36.5 Å². The molecule has 1 aromatic rings. The van der Waals surface area contributed by atoms with Gasteiger partial charge in [0.05, 0.1) is 0 Å². The average molecular weight is 260 g/mol. The van der Waals surface area contributed by atoms with Gasteiger partial charge in [-0.2, -0.15) is 0 Å². The van der Waals surface area contributed by atoms with Crippen LogP contribution in [0.2, 0.25) is 0 Å². The summed E-state index contributed by atoms with van der Waals surface area (Å²) in [5.41, 5.74) is 4.27. The van der Waals surface area contributed by atoms with Crippen LogP contribution in [0, 0.1) is 13.8 Å². The molecule has 1 aromatic carbocycles. The van der Waals surface area contributed by atoms with E-state index in [1.165, 1.54) is 49.2 Å². The van der Waals surface area contributed by atoms with E-state index in [9.17, 15) is 0 Å². The zero-order chi connectivity index (χ0) is 13.7. The van der Waals surface area contributed by atoms with Crippen molar-refractivity contribution in [3.8, 4) is 0 Å². The largest absolute Gasteiger partial charge is 0.313 e. The fourth-order valence-electron chi connectivity index (χ4n) is 2.94. The smallest absolute Gasteiger partial charge is 0.0166 e. The quantitative estimate of drug-likeness (QED) is 0.846. The molecule has 1 saturated heterocycles. The van der Waals surface area contributed by atoms with Crippen LogP contribution in [0.25, 0.3) is 0 Å². The Bertz CT molecular complexity index is 394. The van der Waals surface area contributed by atoms with E-state index >= 15 is 0 Å². The predicted octanol–water partition coefficient (Wildman–Crippen LogP) is 2.92. The summed E-state index contributed by atoms with van der Waals surface area (Å²) < 4.78 is 0. The van der Waals surface area contributed by atoms with Crippen molar-refractivity contribution in [1.82, 2.24) is 10.2 Å². The number of likely N-dealkylation sites (tertiary alicyclic amines) is 1. The van der Waals surface area contributed by atoms with Crippen molar-refractivity contribution in [1.29, 1.82) is 0 Å². The van der Waals surface area contributed by atoms with Gasteiger partial charge in [0, 0.05) is 12.6 Å². The second kappa shape index (κ2) is 7.06. The molecule has 0 bridgehead atoms. The van der Waals surface area contributed by atoms with E-state index in [0.29, 0.717) is 6.04 Å². The molecule has 106 valence electrons. The maximum absolute atomic E-state index is 3.66. The van der Waals surface area contributed by atoms with Crippen LogP contribution in [0.3, 0.4) is 0 Å². The van der Waals surface area contributed by atoms with Crippen LogP contribution in [-0.2, 0) is 6.42 Å². The lowest BCUT2D eigenvalue weighted by Crippen LogP contribution is -2.38. The van der Waals surface area contributed by atoms with E-state index in [4.69, 9.17) is 0 Å². The zero-order valence-corrected chi connectivity index (χ0v) is 12.7. The Morgan fingerprint density at radius 1 is 1.21 bits per heavy atom. The van der Waals surface area contributed by atoms with Gasteiger partial charge in [-0.25, -0.2) is 0 Å². The van der Waals surface area contributed by atoms with Gasteiger partial charge in [-0.15, -0.1) is 0 Å². The summed E-state index contributed by atoms with van der Waals surface area (Å²) in [7, 11) is 0. The molecule has 2 nitrogen and oxygen atoms in total. The molecule has 0 spiro atoms. The molecule has 1 heterocycles. The van der Waals surface area contributed by atoms with Gasteiger partial charge in [0.15, 0.2) is 0 Å². The van der Waals surface area contributed by atoms with E-state index in [1.54, 1.807) is 0 Å². The Kier molecular flexibility index (Phi) is 5.41. The summed E-state index contributed by atoms with van der Waals surface area (Å²) in [5.74, 6) is 0. The first kappa shape index (κ1) is 14.5. The molecule has 0 radical (unpaired) electrons. The molecule has 0 amide bonds. The van der Waals surface area contributed by atoms with Gasteiger partial charge in [0.2, 0.25) is 0 Å². The van der Waals surface area contributed by atoms with Crippen molar-refractivity contribution in [3.05, 3.63) is 34.9 Å². The van der Waals surface area contributed by atoms with E-state index in [-0.39, 0.29) is 0 Å². The van der Waals surface area contributed by atoms with E-state index < -0.39 is 0 Å². The molecule has 1 N–H and O–H groups in total. The minimum atomic E-state index is 0.600. The van der Waals surface area contributed by atoms with Crippen LogP contribution < -0.4 is 5.32 Å². The second-order valence-electron chi connectivity index (χ2n) is 6.04.